The molecule has 0 aromatic heterocycles. The van der Waals surface area contributed by atoms with Gasteiger partial charge in [0.2, 0.25) is 0 Å². The number of phenols is 1. The maximum Gasteiger partial charge on any atom is 0.115 e. The predicted octanol–water partition coefficient (Wildman–Crippen LogP) is 5.06. The molecule has 0 radical (unpaired) electrons. The van der Waals surface area contributed by atoms with Crippen molar-refractivity contribution in [2.24, 2.45) is 0 Å². The third kappa shape index (κ3) is 6.07. The molecular formula is C26H37NO3. The Bertz CT molecular complexity index is 728. The standard InChI is InChI=1S/C26H37NO3/c1-2-3-4-5-9-16-26(29,23-12-14-24(28)15-13-23)25(22-10-7-6-8-11-22)21-27-17-19-30-20-18-27/h6-8,10-15,25,28-29H,2-5,9,16-21H2,1H3/t25-,26-/m1/s1. The van der Waals surface area contributed by atoms with Crippen molar-refractivity contribution in [3.8, 4) is 5.75 Å². The van der Waals surface area contributed by atoms with Gasteiger partial charge in [-0.05, 0) is 29.7 Å². The molecular weight excluding hydrogens is 374 g/mol. The van der Waals surface area contributed by atoms with E-state index in [0.717, 1.165) is 56.8 Å². The Hall–Kier alpha value is -1.88. The Labute approximate surface area is 181 Å². The summed E-state index contributed by atoms with van der Waals surface area (Å²) in [7, 11) is 0. The minimum Gasteiger partial charge on any atom is -0.508 e. The van der Waals surface area contributed by atoms with Gasteiger partial charge in [-0.15, -0.1) is 0 Å². The Kier molecular flexibility index (Phi) is 8.74. The number of benzene rings is 2. The van der Waals surface area contributed by atoms with Crippen LogP contribution in [0.5, 0.6) is 5.75 Å². The van der Waals surface area contributed by atoms with E-state index in [0.29, 0.717) is 6.42 Å². The fourth-order valence-corrected chi connectivity index (χ4v) is 4.53. The Morgan fingerprint density at radius 2 is 1.60 bits per heavy atom. The summed E-state index contributed by atoms with van der Waals surface area (Å²) in [5, 5.41) is 22.0. The summed E-state index contributed by atoms with van der Waals surface area (Å²) in [4.78, 5) is 2.41. The largest absolute Gasteiger partial charge is 0.508 e. The van der Waals surface area contributed by atoms with Crippen LogP contribution >= 0.6 is 0 Å². The molecule has 2 aromatic carbocycles. The molecule has 30 heavy (non-hydrogen) atoms. The lowest BCUT2D eigenvalue weighted by molar-refractivity contribution is -0.0296. The summed E-state index contributed by atoms with van der Waals surface area (Å²) in [6, 6.07) is 17.6. The maximum absolute atomic E-state index is 12.2. The quantitative estimate of drug-likeness (QED) is 0.508. The monoisotopic (exact) mass is 411 g/mol. The number of aromatic hydroxyl groups is 1. The first-order valence-electron chi connectivity index (χ1n) is 11.5. The van der Waals surface area contributed by atoms with Gasteiger partial charge >= 0.3 is 0 Å². The molecule has 4 heteroatoms. The lowest BCUT2D eigenvalue weighted by Gasteiger charge is -2.41. The van der Waals surface area contributed by atoms with E-state index >= 15 is 0 Å². The number of hydrogen-bond donors (Lipinski definition) is 2. The molecule has 2 N–H and O–H groups in total. The summed E-state index contributed by atoms with van der Waals surface area (Å²) in [5.74, 6) is 0.181. The van der Waals surface area contributed by atoms with Gasteiger partial charge in [-0.25, -0.2) is 0 Å². The smallest absolute Gasteiger partial charge is 0.115 e. The van der Waals surface area contributed by atoms with Crippen LogP contribution in [0.1, 0.15) is 62.5 Å². The third-order valence-corrected chi connectivity index (χ3v) is 6.35. The van der Waals surface area contributed by atoms with Crippen molar-refractivity contribution in [1.29, 1.82) is 0 Å². The first-order valence-corrected chi connectivity index (χ1v) is 11.5. The second kappa shape index (κ2) is 11.5. The molecule has 1 fully saturated rings. The Balaban J connectivity index is 1.90. The minimum absolute atomic E-state index is 0.0486. The van der Waals surface area contributed by atoms with Crippen molar-refractivity contribution in [2.75, 3.05) is 32.8 Å². The molecule has 3 rings (SSSR count). The molecule has 0 saturated carbocycles. The summed E-state index contributed by atoms with van der Waals surface area (Å²) < 4.78 is 5.54. The minimum atomic E-state index is -0.987. The molecule has 164 valence electrons. The van der Waals surface area contributed by atoms with Crippen LogP contribution in [-0.4, -0.2) is 48.0 Å². The van der Waals surface area contributed by atoms with Crippen LogP contribution in [0.2, 0.25) is 0 Å². The van der Waals surface area contributed by atoms with Crippen LogP contribution in [0.25, 0.3) is 0 Å². The van der Waals surface area contributed by atoms with Gasteiger partial charge in [0.15, 0.2) is 0 Å². The summed E-state index contributed by atoms with van der Waals surface area (Å²) in [6.07, 6.45) is 6.50. The molecule has 0 amide bonds. The van der Waals surface area contributed by atoms with Crippen molar-refractivity contribution in [3.05, 3.63) is 65.7 Å². The highest BCUT2D eigenvalue weighted by atomic mass is 16.5. The fourth-order valence-electron chi connectivity index (χ4n) is 4.53. The van der Waals surface area contributed by atoms with Gasteiger partial charge in [-0.1, -0.05) is 81.5 Å². The SMILES string of the molecule is CCCCCCC[C@@](O)(c1ccc(O)cc1)[C@H](CN1CCOCC1)c1ccccc1. The highest BCUT2D eigenvalue weighted by molar-refractivity contribution is 5.35. The molecule has 1 heterocycles. The number of unbranched alkanes of at least 4 members (excludes halogenated alkanes) is 4. The van der Waals surface area contributed by atoms with Crippen molar-refractivity contribution in [2.45, 2.75) is 57.0 Å². The van der Waals surface area contributed by atoms with Gasteiger partial charge in [0, 0.05) is 25.6 Å². The zero-order valence-corrected chi connectivity index (χ0v) is 18.3. The van der Waals surface area contributed by atoms with E-state index in [2.05, 4.69) is 36.1 Å². The van der Waals surface area contributed by atoms with E-state index in [9.17, 15) is 10.2 Å². The molecule has 0 unspecified atom stereocenters. The van der Waals surface area contributed by atoms with Crippen molar-refractivity contribution in [1.82, 2.24) is 4.90 Å². The number of phenolic OH excluding ortho intramolecular Hbond substituents is 1. The topological polar surface area (TPSA) is 52.9 Å². The van der Waals surface area contributed by atoms with Gasteiger partial charge in [0.1, 0.15) is 5.75 Å². The molecule has 1 saturated heterocycles. The van der Waals surface area contributed by atoms with Crippen LogP contribution in [0.3, 0.4) is 0 Å². The lowest BCUT2D eigenvalue weighted by atomic mass is 9.74. The average Bonchev–Trinajstić information content (AvgIpc) is 2.79. The lowest BCUT2D eigenvalue weighted by Crippen LogP contribution is -2.45. The van der Waals surface area contributed by atoms with Gasteiger partial charge < -0.3 is 14.9 Å². The van der Waals surface area contributed by atoms with Gasteiger partial charge in [-0.3, -0.25) is 4.90 Å². The molecule has 0 aliphatic carbocycles. The van der Waals surface area contributed by atoms with Gasteiger partial charge in [0.25, 0.3) is 0 Å². The van der Waals surface area contributed by atoms with E-state index in [1.807, 2.05) is 18.2 Å². The number of aliphatic hydroxyl groups is 1. The van der Waals surface area contributed by atoms with Crippen molar-refractivity contribution in [3.63, 3.8) is 0 Å². The van der Waals surface area contributed by atoms with Crippen LogP contribution in [0.15, 0.2) is 54.6 Å². The molecule has 1 aliphatic heterocycles. The maximum atomic E-state index is 12.2. The Morgan fingerprint density at radius 3 is 2.27 bits per heavy atom. The van der Waals surface area contributed by atoms with Crippen LogP contribution < -0.4 is 0 Å². The molecule has 1 aliphatic rings. The van der Waals surface area contributed by atoms with E-state index in [1.54, 1.807) is 12.1 Å². The number of rotatable bonds is 11. The zero-order chi connectivity index (χ0) is 21.2. The zero-order valence-electron chi connectivity index (χ0n) is 18.3. The van der Waals surface area contributed by atoms with Crippen molar-refractivity contribution >= 4 is 0 Å². The number of hydrogen-bond acceptors (Lipinski definition) is 4. The highest BCUT2D eigenvalue weighted by Crippen LogP contribution is 2.42. The summed E-state index contributed by atoms with van der Waals surface area (Å²) in [5.41, 5.74) is 1.06. The van der Waals surface area contributed by atoms with Gasteiger partial charge in [0.05, 0.1) is 18.8 Å². The molecule has 2 aromatic rings. The predicted molar refractivity (Wildman–Crippen MR) is 122 cm³/mol. The van der Waals surface area contributed by atoms with E-state index in [-0.39, 0.29) is 11.7 Å². The van der Waals surface area contributed by atoms with Crippen LogP contribution in [0, 0.1) is 0 Å². The first-order chi connectivity index (χ1) is 14.6. The Morgan fingerprint density at radius 1 is 0.933 bits per heavy atom. The van der Waals surface area contributed by atoms with E-state index in [1.165, 1.54) is 19.3 Å². The summed E-state index contributed by atoms with van der Waals surface area (Å²) >= 11 is 0. The van der Waals surface area contributed by atoms with E-state index < -0.39 is 5.60 Å². The molecule has 2 atom stereocenters. The second-order valence-electron chi connectivity index (χ2n) is 8.51. The van der Waals surface area contributed by atoms with Crippen molar-refractivity contribution < 1.29 is 14.9 Å². The number of ether oxygens (including phenoxy) is 1. The fraction of sp³-hybridized carbons (Fsp3) is 0.538. The highest BCUT2D eigenvalue weighted by Gasteiger charge is 2.40. The third-order valence-electron chi connectivity index (χ3n) is 6.35. The van der Waals surface area contributed by atoms with Crippen LogP contribution in [0.4, 0.5) is 0 Å². The molecule has 0 spiro atoms. The average molecular weight is 412 g/mol. The molecule has 0 bridgehead atoms. The van der Waals surface area contributed by atoms with Gasteiger partial charge in [-0.2, -0.15) is 0 Å². The summed E-state index contributed by atoms with van der Waals surface area (Å²) in [6.45, 7) is 6.30. The number of morpholine rings is 1. The first kappa shape index (κ1) is 22.8. The second-order valence-corrected chi connectivity index (χ2v) is 8.51. The number of nitrogens with zero attached hydrogens (tertiary/aromatic N) is 1. The van der Waals surface area contributed by atoms with E-state index in [4.69, 9.17) is 4.74 Å². The normalized spacial score (nSPS) is 18.1. The molecule has 4 nitrogen and oxygen atoms in total. The van der Waals surface area contributed by atoms with Crippen LogP contribution in [-0.2, 0) is 10.3 Å².